The van der Waals surface area contributed by atoms with Gasteiger partial charge in [-0.25, -0.2) is 4.68 Å². The Labute approximate surface area is 112 Å². The highest BCUT2D eigenvalue weighted by Gasteiger charge is 2.56. The summed E-state index contributed by atoms with van der Waals surface area (Å²) >= 11 is 0. The van der Waals surface area contributed by atoms with Crippen molar-refractivity contribution in [1.29, 1.82) is 0 Å². The van der Waals surface area contributed by atoms with E-state index in [1.54, 1.807) is 0 Å². The van der Waals surface area contributed by atoms with E-state index >= 15 is 0 Å². The molecule has 0 radical (unpaired) electrons. The zero-order valence-electron chi connectivity index (χ0n) is 10.8. The molecule has 2 saturated carbocycles. The Morgan fingerprint density at radius 2 is 1.89 bits per heavy atom. The summed E-state index contributed by atoms with van der Waals surface area (Å²) in [6, 6.07) is 10.0. The maximum absolute atomic E-state index is 10.5. The van der Waals surface area contributed by atoms with E-state index in [0.29, 0.717) is 5.92 Å². The van der Waals surface area contributed by atoms with Gasteiger partial charge in [0.25, 0.3) is 0 Å². The highest BCUT2D eigenvalue weighted by Crippen LogP contribution is 2.62. The number of aliphatic hydroxyl groups is 1. The van der Waals surface area contributed by atoms with Crippen LogP contribution in [0, 0.1) is 17.8 Å². The number of fused-ring (bicyclic) bond motifs is 1. The van der Waals surface area contributed by atoms with Gasteiger partial charge in [0.2, 0.25) is 0 Å². The Balaban J connectivity index is 1.55. The van der Waals surface area contributed by atoms with Gasteiger partial charge in [0.1, 0.15) is 0 Å². The molecule has 1 aromatic heterocycles. The van der Waals surface area contributed by atoms with Gasteiger partial charge in [-0.2, -0.15) is 5.10 Å². The standard InChI is InChI=1S/C16H18N2O/c19-16(15-13-7-4-8-14(13)15)11-9-17-18(10-11)12-5-2-1-3-6-12/h1-3,5-6,9-10,13-16,19H,4,7-8H2. The van der Waals surface area contributed by atoms with Crippen LogP contribution in [0.4, 0.5) is 0 Å². The first kappa shape index (κ1) is 11.2. The molecule has 2 fully saturated rings. The van der Waals surface area contributed by atoms with Crippen molar-refractivity contribution in [1.82, 2.24) is 9.78 Å². The van der Waals surface area contributed by atoms with E-state index < -0.39 is 0 Å². The maximum Gasteiger partial charge on any atom is 0.0854 e. The fourth-order valence-electron chi connectivity index (χ4n) is 3.78. The molecule has 4 rings (SSSR count). The average Bonchev–Trinajstić information content (AvgIpc) is 2.89. The molecule has 1 aromatic carbocycles. The van der Waals surface area contributed by atoms with Gasteiger partial charge in [-0.05, 0) is 42.7 Å². The van der Waals surface area contributed by atoms with Crippen LogP contribution in [-0.4, -0.2) is 14.9 Å². The number of rotatable bonds is 3. The highest BCUT2D eigenvalue weighted by atomic mass is 16.3. The molecule has 0 aliphatic heterocycles. The van der Waals surface area contributed by atoms with E-state index in [-0.39, 0.29) is 6.10 Å². The molecule has 19 heavy (non-hydrogen) atoms. The second-order valence-electron chi connectivity index (χ2n) is 5.83. The van der Waals surface area contributed by atoms with Gasteiger partial charge in [-0.3, -0.25) is 0 Å². The Hall–Kier alpha value is -1.61. The number of aromatic nitrogens is 2. The first-order valence-corrected chi connectivity index (χ1v) is 7.12. The largest absolute Gasteiger partial charge is 0.388 e. The lowest BCUT2D eigenvalue weighted by atomic mass is 10.0. The number of hydrogen-bond donors (Lipinski definition) is 1. The minimum absolute atomic E-state index is 0.326. The molecule has 3 unspecified atom stereocenters. The molecule has 0 bridgehead atoms. The molecule has 0 amide bonds. The van der Waals surface area contributed by atoms with Crippen LogP contribution in [0.15, 0.2) is 42.7 Å². The van der Waals surface area contributed by atoms with Crippen LogP contribution in [0.25, 0.3) is 5.69 Å². The van der Waals surface area contributed by atoms with Gasteiger partial charge in [-0.15, -0.1) is 0 Å². The summed E-state index contributed by atoms with van der Waals surface area (Å²) in [6.45, 7) is 0. The number of para-hydroxylation sites is 1. The van der Waals surface area contributed by atoms with Crippen LogP contribution < -0.4 is 0 Å². The van der Waals surface area contributed by atoms with Crippen molar-refractivity contribution in [2.75, 3.05) is 0 Å². The summed E-state index contributed by atoms with van der Waals surface area (Å²) in [5.74, 6) is 2.03. The molecule has 2 aromatic rings. The van der Waals surface area contributed by atoms with Gasteiger partial charge < -0.3 is 5.11 Å². The molecule has 2 aliphatic rings. The molecule has 0 spiro atoms. The molecule has 3 nitrogen and oxygen atoms in total. The zero-order chi connectivity index (χ0) is 12.8. The van der Waals surface area contributed by atoms with E-state index in [1.165, 1.54) is 19.3 Å². The van der Waals surface area contributed by atoms with Gasteiger partial charge in [0.05, 0.1) is 18.0 Å². The minimum atomic E-state index is -0.326. The molecule has 3 atom stereocenters. The number of hydrogen-bond acceptors (Lipinski definition) is 2. The molecule has 3 heteroatoms. The number of nitrogens with zero attached hydrogens (tertiary/aromatic N) is 2. The Kier molecular flexibility index (Phi) is 2.49. The second kappa shape index (κ2) is 4.20. The summed E-state index contributed by atoms with van der Waals surface area (Å²) < 4.78 is 1.84. The smallest absolute Gasteiger partial charge is 0.0854 e. The molecule has 0 saturated heterocycles. The topological polar surface area (TPSA) is 38.1 Å². The lowest BCUT2D eigenvalue weighted by Gasteiger charge is -2.10. The van der Waals surface area contributed by atoms with Gasteiger partial charge in [0, 0.05) is 11.8 Å². The second-order valence-corrected chi connectivity index (χ2v) is 5.83. The molecule has 1 heterocycles. The van der Waals surface area contributed by atoms with Gasteiger partial charge >= 0.3 is 0 Å². The third-order valence-electron chi connectivity index (χ3n) is 4.80. The van der Waals surface area contributed by atoms with Gasteiger partial charge in [0.15, 0.2) is 0 Å². The van der Waals surface area contributed by atoms with Crippen molar-refractivity contribution in [3.8, 4) is 5.69 Å². The van der Waals surface area contributed by atoms with Crippen molar-refractivity contribution in [2.24, 2.45) is 17.8 Å². The quantitative estimate of drug-likeness (QED) is 0.914. The summed E-state index contributed by atoms with van der Waals surface area (Å²) in [5, 5.41) is 14.8. The molecule has 1 N–H and O–H groups in total. The van der Waals surface area contributed by atoms with Crippen LogP contribution in [-0.2, 0) is 0 Å². The predicted octanol–water partition coefficient (Wildman–Crippen LogP) is 2.95. The zero-order valence-corrected chi connectivity index (χ0v) is 10.8. The number of benzene rings is 1. The van der Waals surface area contributed by atoms with Gasteiger partial charge in [-0.1, -0.05) is 24.6 Å². The Bertz CT molecular complexity index is 567. The molecule has 2 aliphatic carbocycles. The number of aliphatic hydroxyl groups excluding tert-OH is 1. The predicted molar refractivity (Wildman–Crippen MR) is 72.8 cm³/mol. The van der Waals surface area contributed by atoms with E-state index in [1.807, 2.05) is 47.4 Å². The third-order valence-corrected chi connectivity index (χ3v) is 4.80. The normalized spacial score (nSPS) is 30.1. The van der Waals surface area contributed by atoms with Crippen molar-refractivity contribution in [3.63, 3.8) is 0 Å². The van der Waals surface area contributed by atoms with E-state index in [4.69, 9.17) is 0 Å². The lowest BCUT2D eigenvalue weighted by molar-refractivity contribution is 0.137. The van der Waals surface area contributed by atoms with Crippen molar-refractivity contribution in [3.05, 3.63) is 48.3 Å². The first-order valence-electron chi connectivity index (χ1n) is 7.12. The van der Waals surface area contributed by atoms with Crippen LogP contribution >= 0.6 is 0 Å². The van der Waals surface area contributed by atoms with Crippen LogP contribution in [0.2, 0.25) is 0 Å². The van der Waals surface area contributed by atoms with Crippen LogP contribution in [0.5, 0.6) is 0 Å². The molecular weight excluding hydrogens is 236 g/mol. The lowest BCUT2D eigenvalue weighted by Crippen LogP contribution is -2.03. The third kappa shape index (κ3) is 1.80. The monoisotopic (exact) mass is 254 g/mol. The van der Waals surface area contributed by atoms with E-state index in [2.05, 4.69) is 5.10 Å². The SMILES string of the molecule is OC(c1cnn(-c2ccccc2)c1)C1C2CCCC21. The summed E-state index contributed by atoms with van der Waals surface area (Å²) in [4.78, 5) is 0. The first-order chi connectivity index (χ1) is 9.34. The van der Waals surface area contributed by atoms with Crippen molar-refractivity contribution >= 4 is 0 Å². The maximum atomic E-state index is 10.5. The van der Waals surface area contributed by atoms with Crippen LogP contribution in [0.1, 0.15) is 30.9 Å². The van der Waals surface area contributed by atoms with Crippen LogP contribution in [0.3, 0.4) is 0 Å². The fraction of sp³-hybridized carbons (Fsp3) is 0.438. The van der Waals surface area contributed by atoms with Crippen molar-refractivity contribution < 1.29 is 5.11 Å². The minimum Gasteiger partial charge on any atom is -0.388 e. The summed E-state index contributed by atoms with van der Waals surface area (Å²) in [7, 11) is 0. The van der Waals surface area contributed by atoms with Crippen molar-refractivity contribution in [2.45, 2.75) is 25.4 Å². The molecule has 98 valence electrons. The fourth-order valence-corrected chi connectivity index (χ4v) is 3.78. The Morgan fingerprint density at radius 1 is 1.16 bits per heavy atom. The Morgan fingerprint density at radius 3 is 2.63 bits per heavy atom. The molecular formula is C16H18N2O. The summed E-state index contributed by atoms with van der Waals surface area (Å²) in [6.07, 6.45) is 7.41. The average molecular weight is 254 g/mol. The summed E-state index contributed by atoms with van der Waals surface area (Å²) in [5.41, 5.74) is 2.00. The van der Waals surface area contributed by atoms with E-state index in [0.717, 1.165) is 23.1 Å². The van der Waals surface area contributed by atoms with E-state index in [9.17, 15) is 5.11 Å². The highest BCUT2D eigenvalue weighted by molar-refractivity contribution is 5.31.